The lowest BCUT2D eigenvalue weighted by Crippen LogP contribution is -2.33. The van der Waals surface area contributed by atoms with E-state index in [4.69, 9.17) is 33.2 Å². The summed E-state index contributed by atoms with van der Waals surface area (Å²) in [4.78, 5) is 42.9. The highest BCUT2D eigenvalue weighted by Gasteiger charge is 2.16. The third kappa shape index (κ3) is 66.4. The number of carbonyl (C=O) groups is 3. The number of hydrogen-bond donors (Lipinski definition) is 1. The van der Waals surface area contributed by atoms with Gasteiger partial charge in [-0.05, 0) is 187 Å². The topological polar surface area (TPSA) is 143 Å². The number of ether oxygens (including phenoxy) is 7. The monoisotopic (exact) mass is 1260 g/mol. The van der Waals surface area contributed by atoms with Gasteiger partial charge < -0.3 is 48.1 Å². The van der Waals surface area contributed by atoms with Gasteiger partial charge in [0.2, 0.25) is 0 Å². The van der Waals surface area contributed by atoms with Crippen LogP contribution in [0.5, 0.6) is 0 Å². The largest absolute Gasteiger partial charge is 0.466 e. The van der Waals surface area contributed by atoms with Gasteiger partial charge in [0.25, 0.3) is 0 Å². The van der Waals surface area contributed by atoms with E-state index >= 15 is 0 Å². The Morgan fingerprint density at radius 3 is 0.921 bits per heavy atom. The first-order chi connectivity index (χ1) is 43.8. The molecule has 0 saturated heterocycles. The molecule has 89 heavy (non-hydrogen) atoms. The number of aliphatic hydroxyl groups is 1. The zero-order chi connectivity index (χ0) is 64.7. The van der Waals surface area contributed by atoms with Gasteiger partial charge in [-0.3, -0.25) is 14.4 Å². The predicted molar refractivity (Wildman–Crippen MR) is 372 cm³/mol. The second-order valence-electron chi connectivity index (χ2n) is 24.5. The van der Waals surface area contributed by atoms with Crippen LogP contribution in [-0.4, -0.2) is 138 Å². The predicted octanol–water partition coefficient (Wildman–Crippen LogP) is 19.4. The number of hydrogen-bond acceptors (Lipinski definition) is 13. The van der Waals surface area contributed by atoms with Crippen molar-refractivity contribution in [2.75, 3.05) is 92.1 Å². The van der Waals surface area contributed by atoms with E-state index in [-0.39, 0.29) is 37.1 Å². The van der Waals surface area contributed by atoms with Gasteiger partial charge in [0.15, 0.2) is 12.6 Å². The average molecular weight is 1260 g/mol. The van der Waals surface area contributed by atoms with Gasteiger partial charge in [0.05, 0.1) is 39.3 Å². The van der Waals surface area contributed by atoms with Crippen molar-refractivity contribution < 1.29 is 52.6 Å². The molecule has 0 saturated carbocycles. The molecule has 0 unspecified atom stereocenters. The number of carbonyl (C=O) groups excluding carboxylic acids is 3. The summed E-state index contributed by atoms with van der Waals surface area (Å²) >= 11 is 0. The molecule has 0 amide bonds. The molecule has 0 aromatic rings. The molecule has 1 N–H and O–H groups in total. The van der Waals surface area contributed by atoms with Crippen LogP contribution in [0.15, 0.2) is 48.6 Å². The van der Waals surface area contributed by atoms with Crippen LogP contribution in [0.1, 0.15) is 317 Å². The van der Waals surface area contributed by atoms with E-state index in [0.29, 0.717) is 84.9 Å². The first-order valence-corrected chi connectivity index (χ1v) is 37.4. The third-order valence-electron chi connectivity index (χ3n) is 16.0. The fraction of sp³-hybridized carbons (Fsp3) is 0.855. The second kappa shape index (κ2) is 72.5. The minimum absolute atomic E-state index is 0.0474. The molecule has 0 spiro atoms. The zero-order valence-corrected chi connectivity index (χ0v) is 58.7. The quantitative estimate of drug-likeness (QED) is 0.0203. The number of unbranched alkanes of at least 4 members (excludes halogenated alkanes) is 26. The molecule has 0 aliphatic heterocycles. The zero-order valence-electron chi connectivity index (χ0n) is 58.7. The maximum absolute atomic E-state index is 12.8. The van der Waals surface area contributed by atoms with E-state index in [9.17, 15) is 19.5 Å². The van der Waals surface area contributed by atoms with Crippen LogP contribution in [-0.2, 0) is 47.5 Å². The molecule has 0 aromatic heterocycles. The summed E-state index contributed by atoms with van der Waals surface area (Å²) < 4.78 is 41.3. The van der Waals surface area contributed by atoms with E-state index in [0.717, 1.165) is 251 Å². The van der Waals surface area contributed by atoms with Crippen molar-refractivity contribution in [3.63, 3.8) is 0 Å². The highest BCUT2D eigenvalue weighted by Crippen LogP contribution is 2.16. The van der Waals surface area contributed by atoms with Crippen molar-refractivity contribution in [1.29, 1.82) is 0 Å². The maximum atomic E-state index is 12.8. The summed E-state index contributed by atoms with van der Waals surface area (Å²) in [5, 5.41) is 9.95. The number of allylic oxidation sites excluding steroid dienone is 8. The van der Waals surface area contributed by atoms with Crippen LogP contribution in [0.2, 0.25) is 0 Å². The average Bonchev–Trinajstić information content (AvgIpc) is 3.58. The standard InChI is InChI=1S/C76H142N2O11/c1-6-11-16-21-26-38-45-65-83-72(80)53-41-30-27-31-44-60-78(63-64-79)62-52-61-77(58-42-32-28-39-46-66-84-73(81)54-56-75(86-68-48-34-22-17-12-7-2)87-69-49-35-23-18-13-8-3)59-43-33-29-40-47-67-85-74(82)55-57-76(88-70-50-36-24-19-14-9-4)89-71-51-37-25-20-15-10-5/h12-15,17-20,75-76,79H,6-11,16,21-71H2,1-5H3/b17-12-,18-13-,19-14-,20-15-. The molecular formula is C76H142N2O11. The van der Waals surface area contributed by atoms with Crippen molar-refractivity contribution >= 4 is 17.9 Å². The Bertz CT molecular complexity index is 1480. The van der Waals surface area contributed by atoms with E-state index in [1.807, 2.05) is 0 Å². The van der Waals surface area contributed by atoms with Gasteiger partial charge in [-0.15, -0.1) is 0 Å². The van der Waals surface area contributed by atoms with E-state index < -0.39 is 0 Å². The molecular weight excluding hydrogens is 1120 g/mol. The Balaban J connectivity index is 5.01. The highest BCUT2D eigenvalue weighted by molar-refractivity contribution is 5.70. The number of nitrogens with zero attached hydrogens (tertiary/aromatic N) is 2. The van der Waals surface area contributed by atoms with E-state index in [1.54, 1.807) is 0 Å². The highest BCUT2D eigenvalue weighted by atomic mass is 16.7. The fourth-order valence-corrected chi connectivity index (χ4v) is 10.6. The van der Waals surface area contributed by atoms with Crippen LogP contribution in [0.25, 0.3) is 0 Å². The molecule has 522 valence electrons. The molecule has 0 aromatic carbocycles. The molecule has 0 radical (unpaired) electrons. The Labute approximate surface area is 548 Å². The Hall–Kier alpha value is -2.91. The third-order valence-corrected chi connectivity index (χ3v) is 16.0. The van der Waals surface area contributed by atoms with E-state index in [2.05, 4.69) is 93.0 Å². The molecule has 0 rings (SSSR count). The Morgan fingerprint density at radius 2 is 0.584 bits per heavy atom. The van der Waals surface area contributed by atoms with Gasteiger partial charge in [-0.1, -0.05) is 180 Å². The smallest absolute Gasteiger partial charge is 0.305 e. The Morgan fingerprint density at radius 1 is 0.303 bits per heavy atom. The lowest BCUT2D eigenvalue weighted by Gasteiger charge is -2.26. The summed E-state index contributed by atoms with van der Waals surface area (Å²) in [6.07, 6.45) is 61.5. The number of aliphatic hydroxyl groups excluding tert-OH is 1. The molecule has 13 nitrogen and oxygen atoms in total. The van der Waals surface area contributed by atoms with Crippen LogP contribution >= 0.6 is 0 Å². The molecule has 0 heterocycles. The van der Waals surface area contributed by atoms with Crippen molar-refractivity contribution in [2.45, 2.75) is 330 Å². The van der Waals surface area contributed by atoms with Crippen LogP contribution < -0.4 is 0 Å². The minimum atomic E-state index is -0.379. The van der Waals surface area contributed by atoms with Crippen molar-refractivity contribution in [3.8, 4) is 0 Å². The summed E-state index contributed by atoms with van der Waals surface area (Å²) in [6.45, 7) is 20.9. The molecule has 13 heteroatoms. The van der Waals surface area contributed by atoms with Crippen molar-refractivity contribution in [3.05, 3.63) is 48.6 Å². The van der Waals surface area contributed by atoms with Gasteiger partial charge in [0, 0.05) is 52.2 Å². The normalized spacial score (nSPS) is 12.2. The SMILES string of the molecule is CC/C=C\CCCCOC(CCC(=O)OCCCCCCCN(CCCCCCCOC(=O)CCC(OCCCC/C=C\CC)OCCCC/C=C\CC)CCCN(CCO)CCCCCCCC(=O)OCCCCCCCCC)OCCCC/C=C\CC. The van der Waals surface area contributed by atoms with Gasteiger partial charge in [-0.2, -0.15) is 0 Å². The lowest BCUT2D eigenvalue weighted by atomic mass is 10.1. The molecule has 0 fully saturated rings. The summed E-state index contributed by atoms with van der Waals surface area (Å²) in [5.41, 5.74) is 0. The van der Waals surface area contributed by atoms with Crippen LogP contribution in [0.3, 0.4) is 0 Å². The van der Waals surface area contributed by atoms with Gasteiger partial charge >= 0.3 is 17.9 Å². The fourth-order valence-electron chi connectivity index (χ4n) is 10.6. The first kappa shape index (κ1) is 86.1. The lowest BCUT2D eigenvalue weighted by molar-refractivity contribution is -0.159. The minimum Gasteiger partial charge on any atom is -0.466 e. The van der Waals surface area contributed by atoms with Gasteiger partial charge in [0.1, 0.15) is 0 Å². The molecule has 0 atom stereocenters. The first-order valence-electron chi connectivity index (χ1n) is 37.4. The summed E-state index contributed by atoms with van der Waals surface area (Å²) in [6, 6.07) is 0. The maximum Gasteiger partial charge on any atom is 0.305 e. The van der Waals surface area contributed by atoms with Crippen molar-refractivity contribution in [1.82, 2.24) is 9.80 Å². The summed E-state index contributed by atoms with van der Waals surface area (Å²) in [5.74, 6) is -0.392. The van der Waals surface area contributed by atoms with Crippen LogP contribution in [0, 0.1) is 0 Å². The van der Waals surface area contributed by atoms with Crippen molar-refractivity contribution in [2.24, 2.45) is 0 Å². The van der Waals surface area contributed by atoms with Gasteiger partial charge in [-0.25, -0.2) is 0 Å². The summed E-state index contributed by atoms with van der Waals surface area (Å²) in [7, 11) is 0. The number of rotatable bonds is 72. The van der Waals surface area contributed by atoms with E-state index in [1.165, 1.54) is 32.1 Å². The number of esters is 3. The molecule has 0 aliphatic carbocycles. The molecule has 0 aliphatic rings. The van der Waals surface area contributed by atoms with Crippen LogP contribution in [0.4, 0.5) is 0 Å². The second-order valence-corrected chi connectivity index (χ2v) is 24.5. The Kier molecular flexibility index (Phi) is 70.1. The molecule has 0 bridgehead atoms.